The maximum atomic E-state index is 5.50. The molecule has 1 aromatic rings. The first-order chi connectivity index (χ1) is 7.95. The average Bonchev–Trinajstić information content (AvgIpc) is 2.37. The molecule has 0 unspecified atom stereocenters. The van der Waals surface area contributed by atoms with E-state index in [-0.39, 0.29) is 0 Å². The van der Waals surface area contributed by atoms with E-state index in [1.165, 1.54) is 32.4 Å². The smallest absolute Gasteiger partial charge is 0.232 e. The zero-order chi connectivity index (χ0) is 11.1. The van der Waals surface area contributed by atoms with Crippen LogP contribution in [0.5, 0.6) is 5.88 Å². The molecule has 0 bridgehead atoms. The molecule has 2 heterocycles. The lowest BCUT2D eigenvalue weighted by Gasteiger charge is -2.22. The summed E-state index contributed by atoms with van der Waals surface area (Å²) in [6, 6.07) is 0. The Bertz CT molecular complexity index is 286. The van der Waals surface area contributed by atoms with Gasteiger partial charge in [-0.1, -0.05) is 0 Å². The summed E-state index contributed by atoms with van der Waals surface area (Å²) in [5.74, 6) is 1.46. The van der Waals surface area contributed by atoms with E-state index in [9.17, 15) is 0 Å². The summed E-state index contributed by atoms with van der Waals surface area (Å²) in [5.41, 5.74) is 0. The van der Waals surface area contributed by atoms with Crippen LogP contribution in [0.1, 0.15) is 25.7 Å². The quantitative estimate of drug-likeness (QED) is 0.768. The zero-order valence-electron chi connectivity index (χ0n) is 9.56. The van der Waals surface area contributed by atoms with Crippen molar-refractivity contribution in [2.24, 2.45) is 5.92 Å². The highest BCUT2D eigenvalue weighted by molar-refractivity contribution is 5.00. The van der Waals surface area contributed by atoms with Crippen molar-refractivity contribution in [3.8, 4) is 5.88 Å². The standard InChI is InChI=1S/C12H19N3O/c1-3-11(9-13-5-1)4-2-8-16-12-10-14-6-7-15-12/h6-7,10-11,13H,1-5,8-9H2/t11-/m1/s1. The van der Waals surface area contributed by atoms with Gasteiger partial charge in [0.2, 0.25) is 5.88 Å². The van der Waals surface area contributed by atoms with Crippen molar-refractivity contribution in [1.82, 2.24) is 15.3 Å². The van der Waals surface area contributed by atoms with Crippen LogP contribution in [0.15, 0.2) is 18.6 Å². The highest BCUT2D eigenvalue weighted by Crippen LogP contribution is 2.15. The monoisotopic (exact) mass is 221 g/mol. The molecule has 1 aliphatic rings. The fourth-order valence-corrected chi connectivity index (χ4v) is 2.08. The SMILES string of the molecule is c1cnc(OCCC[C@H]2CCCNC2)cn1. The van der Waals surface area contributed by atoms with E-state index in [0.29, 0.717) is 5.88 Å². The number of rotatable bonds is 5. The van der Waals surface area contributed by atoms with Crippen molar-refractivity contribution >= 4 is 0 Å². The maximum Gasteiger partial charge on any atom is 0.232 e. The number of hydrogen-bond acceptors (Lipinski definition) is 4. The van der Waals surface area contributed by atoms with Crippen molar-refractivity contribution in [2.45, 2.75) is 25.7 Å². The normalized spacial score (nSPS) is 20.6. The minimum atomic E-state index is 0.629. The first kappa shape index (κ1) is 11.3. The lowest BCUT2D eigenvalue weighted by molar-refractivity contribution is 0.267. The van der Waals surface area contributed by atoms with Gasteiger partial charge in [0.1, 0.15) is 0 Å². The van der Waals surface area contributed by atoms with Gasteiger partial charge < -0.3 is 10.1 Å². The van der Waals surface area contributed by atoms with Crippen molar-refractivity contribution in [1.29, 1.82) is 0 Å². The minimum absolute atomic E-state index is 0.629. The van der Waals surface area contributed by atoms with E-state index < -0.39 is 0 Å². The number of nitrogens with zero attached hydrogens (tertiary/aromatic N) is 2. The Balaban J connectivity index is 1.58. The van der Waals surface area contributed by atoms with Crippen LogP contribution in [-0.4, -0.2) is 29.7 Å². The average molecular weight is 221 g/mol. The molecule has 0 saturated carbocycles. The highest BCUT2D eigenvalue weighted by atomic mass is 16.5. The first-order valence-electron chi connectivity index (χ1n) is 6.04. The van der Waals surface area contributed by atoms with Crippen LogP contribution >= 0.6 is 0 Å². The number of piperidine rings is 1. The summed E-state index contributed by atoms with van der Waals surface area (Å²) in [7, 11) is 0. The van der Waals surface area contributed by atoms with Crippen molar-refractivity contribution in [2.75, 3.05) is 19.7 Å². The van der Waals surface area contributed by atoms with Crippen LogP contribution in [0.2, 0.25) is 0 Å². The minimum Gasteiger partial charge on any atom is -0.477 e. The van der Waals surface area contributed by atoms with Gasteiger partial charge in [0.15, 0.2) is 0 Å². The van der Waals surface area contributed by atoms with Gasteiger partial charge >= 0.3 is 0 Å². The van der Waals surface area contributed by atoms with Crippen molar-refractivity contribution < 1.29 is 4.74 Å². The third kappa shape index (κ3) is 3.77. The Kier molecular flexibility index (Phi) is 4.55. The van der Waals surface area contributed by atoms with E-state index in [0.717, 1.165) is 18.9 Å². The zero-order valence-corrected chi connectivity index (χ0v) is 9.56. The fourth-order valence-electron chi connectivity index (χ4n) is 2.08. The lowest BCUT2D eigenvalue weighted by atomic mass is 9.95. The summed E-state index contributed by atoms with van der Waals surface area (Å²) in [4.78, 5) is 8.02. The van der Waals surface area contributed by atoms with E-state index in [2.05, 4.69) is 15.3 Å². The van der Waals surface area contributed by atoms with Gasteiger partial charge in [0.05, 0.1) is 12.8 Å². The van der Waals surface area contributed by atoms with Crippen LogP contribution in [0, 0.1) is 5.92 Å². The Morgan fingerprint density at radius 2 is 2.44 bits per heavy atom. The van der Waals surface area contributed by atoms with Crippen LogP contribution < -0.4 is 10.1 Å². The molecule has 0 spiro atoms. The van der Waals surface area contributed by atoms with Gasteiger partial charge in [-0.25, -0.2) is 4.98 Å². The second-order valence-corrected chi connectivity index (χ2v) is 4.25. The van der Waals surface area contributed by atoms with Crippen LogP contribution in [0.4, 0.5) is 0 Å². The highest BCUT2D eigenvalue weighted by Gasteiger charge is 2.12. The van der Waals surface area contributed by atoms with E-state index >= 15 is 0 Å². The Hall–Kier alpha value is -1.16. The summed E-state index contributed by atoms with van der Waals surface area (Å²) in [6.45, 7) is 3.10. The molecule has 0 aromatic carbocycles. The Morgan fingerprint density at radius 3 is 3.19 bits per heavy atom. The number of aromatic nitrogens is 2. The largest absolute Gasteiger partial charge is 0.477 e. The van der Waals surface area contributed by atoms with E-state index in [1.807, 2.05) is 0 Å². The second-order valence-electron chi connectivity index (χ2n) is 4.25. The fraction of sp³-hybridized carbons (Fsp3) is 0.667. The van der Waals surface area contributed by atoms with Crippen molar-refractivity contribution in [3.63, 3.8) is 0 Å². The summed E-state index contributed by atoms with van der Waals surface area (Å²) in [5, 5.41) is 3.43. The molecule has 1 fully saturated rings. The predicted molar refractivity (Wildman–Crippen MR) is 62.4 cm³/mol. The molecule has 0 radical (unpaired) electrons. The number of hydrogen-bond donors (Lipinski definition) is 1. The molecule has 1 aromatic heterocycles. The third-order valence-electron chi connectivity index (χ3n) is 2.95. The van der Waals surface area contributed by atoms with Crippen molar-refractivity contribution in [3.05, 3.63) is 18.6 Å². The number of nitrogens with one attached hydrogen (secondary N) is 1. The molecule has 1 N–H and O–H groups in total. The molecule has 0 aliphatic carbocycles. The van der Waals surface area contributed by atoms with Gasteiger partial charge in [-0.15, -0.1) is 0 Å². The third-order valence-corrected chi connectivity index (χ3v) is 2.95. The lowest BCUT2D eigenvalue weighted by Crippen LogP contribution is -2.29. The summed E-state index contributed by atoms with van der Waals surface area (Å²) < 4.78 is 5.50. The van der Waals surface area contributed by atoms with Gasteiger partial charge in [0, 0.05) is 12.4 Å². The number of ether oxygens (including phenoxy) is 1. The van der Waals surface area contributed by atoms with Gasteiger partial charge in [-0.05, 0) is 44.7 Å². The van der Waals surface area contributed by atoms with Crippen LogP contribution in [0.3, 0.4) is 0 Å². The van der Waals surface area contributed by atoms with E-state index in [4.69, 9.17) is 4.74 Å². The summed E-state index contributed by atoms with van der Waals surface area (Å²) >= 11 is 0. The Labute approximate surface area is 96.4 Å². The van der Waals surface area contributed by atoms with E-state index in [1.54, 1.807) is 18.6 Å². The van der Waals surface area contributed by atoms with Gasteiger partial charge in [-0.2, -0.15) is 0 Å². The summed E-state index contributed by atoms with van der Waals surface area (Å²) in [6.07, 6.45) is 9.98. The van der Waals surface area contributed by atoms with Crippen LogP contribution in [0.25, 0.3) is 0 Å². The first-order valence-corrected chi connectivity index (χ1v) is 6.04. The molecule has 4 heteroatoms. The maximum absolute atomic E-state index is 5.50. The van der Waals surface area contributed by atoms with Gasteiger partial charge in [-0.3, -0.25) is 4.98 Å². The Morgan fingerprint density at radius 1 is 1.44 bits per heavy atom. The molecule has 0 amide bonds. The van der Waals surface area contributed by atoms with Crippen LogP contribution in [-0.2, 0) is 0 Å². The molecule has 16 heavy (non-hydrogen) atoms. The molecule has 1 aliphatic heterocycles. The molecule has 2 rings (SSSR count). The predicted octanol–water partition coefficient (Wildman–Crippen LogP) is 1.64. The van der Waals surface area contributed by atoms with Gasteiger partial charge in [0.25, 0.3) is 0 Å². The second kappa shape index (κ2) is 6.43. The molecular formula is C12H19N3O. The molecule has 1 atom stereocenters. The molecular weight excluding hydrogens is 202 g/mol. The molecule has 1 saturated heterocycles. The molecule has 88 valence electrons. The molecule has 4 nitrogen and oxygen atoms in total. The topological polar surface area (TPSA) is 47.0 Å².